The molecule has 10 atom stereocenters. The number of hydrogen-bond donors (Lipinski definition) is 1. The standard InChI is InChI=1S/C40H46O15/c1-24(42)50-33-31(54-39(46-4)37(52-26(3)44)35(33)51-25(2)43)23-49-40-36(55-38(45)29-18-12-7-13-19-29)34(48-22-28-16-10-6-11-17-28)32(30(20-41)53-40)47-21-27-14-8-5-9-15-27/h5-19,30-37,39-41H,20-23H2,1-4H3/t30-,31-,32-,33-,34+,35+,36-,37-,39+,40-/m1/s1. The number of methoxy groups -OCH3 is 1. The van der Waals surface area contributed by atoms with Gasteiger partial charge >= 0.3 is 23.9 Å². The number of carbonyl (C=O) groups excluding carboxylic acids is 4. The molecule has 15 heteroatoms. The van der Waals surface area contributed by atoms with Gasteiger partial charge in [0.1, 0.15) is 24.4 Å². The first-order chi connectivity index (χ1) is 26.6. The predicted octanol–water partition coefficient (Wildman–Crippen LogP) is 3.28. The van der Waals surface area contributed by atoms with Gasteiger partial charge < -0.3 is 52.5 Å². The van der Waals surface area contributed by atoms with E-state index < -0.39 is 98.5 Å². The fraction of sp³-hybridized carbons (Fsp3) is 0.450. The second-order valence-corrected chi connectivity index (χ2v) is 12.8. The van der Waals surface area contributed by atoms with E-state index in [2.05, 4.69) is 0 Å². The first-order valence-electron chi connectivity index (χ1n) is 17.7. The van der Waals surface area contributed by atoms with Crippen LogP contribution in [0.25, 0.3) is 0 Å². The Hall–Kier alpha value is -4.74. The van der Waals surface area contributed by atoms with Crippen LogP contribution in [0, 0.1) is 0 Å². The average molecular weight is 767 g/mol. The van der Waals surface area contributed by atoms with E-state index in [4.69, 9.17) is 47.4 Å². The second kappa shape index (κ2) is 20.3. The summed E-state index contributed by atoms with van der Waals surface area (Å²) < 4.78 is 59.6. The van der Waals surface area contributed by atoms with Crippen molar-refractivity contribution in [1.29, 1.82) is 0 Å². The van der Waals surface area contributed by atoms with Crippen LogP contribution < -0.4 is 0 Å². The summed E-state index contributed by atoms with van der Waals surface area (Å²) in [5.41, 5.74) is 1.89. The van der Waals surface area contributed by atoms with Crippen molar-refractivity contribution in [1.82, 2.24) is 0 Å². The lowest BCUT2D eigenvalue weighted by atomic mass is 9.97. The minimum Gasteiger partial charge on any atom is -0.456 e. The quantitative estimate of drug-likeness (QED) is 0.166. The van der Waals surface area contributed by atoms with Gasteiger partial charge in [0.25, 0.3) is 0 Å². The first-order valence-corrected chi connectivity index (χ1v) is 17.7. The predicted molar refractivity (Wildman–Crippen MR) is 190 cm³/mol. The lowest BCUT2D eigenvalue weighted by Gasteiger charge is -2.46. The molecule has 2 heterocycles. The summed E-state index contributed by atoms with van der Waals surface area (Å²) in [6.07, 6.45) is -12.4. The van der Waals surface area contributed by atoms with Crippen molar-refractivity contribution in [3.8, 4) is 0 Å². The number of carbonyl (C=O) groups is 4. The molecule has 3 aromatic carbocycles. The third-order valence-corrected chi connectivity index (χ3v) is 8.75. The Bertz CT molecular complexity index is 1670. The van der Waals surface area contributed by atoms with E-state index in [1.54, 1.807) is 30.3 Å². The molecule has 0 spiro atoms. The summed E-state index contributed by atoms with van der Waals surface area (Å²) in [4.78, 5) is 50.3. The van der Waals surface area contributed by atoms with Gasteiger partial charge in [0.15, 0.2) is 37.0 Å². The van der Waals surface area contributed by atoms with Crippen LogP contribution in [-0.4, -0.2) is 111 Å². The summed E-state index contributed by atoms with van der Waals surface area (Å²) >= 11 is 0. The lowest BCUT2D eigenvalue weighted by molar-refractivity contribution is -0.336. The van der Waals surface area contributed by atoms with Crippen molar-refractivity contribution in [2.45, 2.75) is 95.4 Å². The Morgan fingerprint density at radius 1 is 0.545 bits per heavy atom. The van der Waals surface area contributed by atoms with Crippen LogP contribution in [0.15, 0.2) is 91.0 Å². The van der Waals surface area contributed by atoms with Gasteiger partial charge in [-0.2, -0.15) is 0 Å². The van der Waals surface area contributed by atoms with E-state index in [9.17, 15) is 24.3 Å². The molecule has 1 N–H and O–H groups in total. The Kier molecular flexibility index (Phi) is 15.3. The maximum absolute atomic E-state index is 13.7. The molecule has 0 aliphatic carbocycles. The van der Waals surface area contributed by atoms with Crippen LogP contribution in [-0.2, 0) is 75.0 Å². The molecule has 0 saturated carbocycles. The average Bonchev–Trinajstić information content (AvgIpc) is 3.18. The normalized spacial score (nSPS) is 27.7. The number of ether oxygens (including phenoxy) is 10. The fourth-order valence-corrected chi connectivity index (χ4v) is 6.34. The number of aliphatic hydroxyl groups is 1. The number of benzene rings is 3. The van der Waals surface area contributed by atoms with Gasteiger partial charge in [0.2, 0.25) is 0 Å². The van der Waals surface area contributed by atoms with Crippen molar-refractivity contribution in [2.24, 2.45) is 0 Å². The molecule has 296 valence electrons. The van der Waals surface area contributed by atoms with Gasteiger partial charge in [-0.1, -0.05) is 78.9 Å². The third kappa shape index (κ3) is 11.4. The second-order valence-electron chi connectivity index (χ2n) is 12.8. The number of esters is 4. The Labute approximate surface area is 318 Å². The molecule has 0 radical (unpaired) electrons. The molecular formula is C40H46O15. The van der Waals surface area contributed by atoms with Gasteiger partial charge in [-0.25, -0.2) is 4.79 Å². The van der Waals surface area contributed by atoms with Crippen LogP contribution in [0.4, 0.5) is 0 Å². The highest BCUT2D eigenvalue weighted by molar-refractivity contribution is 5.89. The van der Waals surface area contributed by atoms with Gasteiger partial charge in [-0.05, 0) is 23.3 Å². The van der Waals surface area contributed by atoms with Gasteiger partial charge in [0.05, 0.1) is 32.0 Å². The van der Waals surface area contributed by atoms with Crippen molar-refractivity contribution >= 4 is 23.9 Å². The maximum Gasteiger partial charge on any atom is 0.338 e. The molecule has 0 bridgehead atoms. The summed E-state index contributed by atoms with van der Waals surface area (Å²) in [6.45, 7) is 2.64. The molecule has 2 saturated heterocycles. The van der Waals surface area contributed by atoms with Gasteiger partial charge in [0, 0.05) is 27.9 Å². The minimum absolute atomic E-state index is 0.0678. The minimum atomic E-state index is -1.43. The molecular weight excluding hydrogens is 720 g/mol. The van der Waals surface area contributed by atoms with Crippen molar-refractivity contribution in [3.63, 3.8) is 0 Å². The topological polar surface area (TPSA) is 181 Å². The zero-order chi connectivity index (χ0) is 39.3. The van der Waals surface area contributed by atoms with E-state index in [-0.39, 0.29) is 18.8 Å². The van der Waals surface area contributed by atoms with E-state index >= 15 is 0 Å². The van der Waals surface area contributed by atoms with E-state index in [0.29, 0.717) is 0 Å². The van der Waals surface area contributed by atoms with Crippen LogP contribution in [0.2, 0.25) is 0 Å². The van der Waals surface area contributed by atoms with E-state index in [1.165, 1.54) is 7.11 Å². The molecule has 0 unspecified atom stereocenters. The number of aliphatic hydroxyl groups excluding tert-OH is 1. The molecule has 55 heavy (non-hydrogen) atoms. The Morgan fingerprint density at radius 3 is 1.55 bits per heavy atom. The van der Waals surface area contributed by atoms with Crippen molar-refractivity contribution in [2.75, 3.05) is 20.3 Å². The van der Waals surface area contributed by atoms with Crippen LogP contribution in [0.5, 0.6) is 0 Å². The SMILES string of the molecule is CO[C@H]1O[C@H](CO[C@@H]2O[C@H](CO)[C@@H](OCc3ccccc3)[C@H](OCc3ccccc3)[C@H]2OC(=O)c2ccccc2)[C@@H](OC(C)=O)[C@H](OC(C)=O)[C@H]1OC(C)=O. The molecule has 2 fully saturated rings. The summed E-state index contributed by atoms with van der Waals surface area (Å²) in [6, 6.07) is 27.0. The highest BCUT2D eigenvalue weighted by atomic mass is 16.8. The first kappa shape index (κ1) is 41.4. The van der Waals surface area contributed by atoms with E-state index in [1.807, 2.05) is 60.7 Å². The molecule has 0 aromatic heterocycles. The summed E-state index contributed by atoms with van der Waals surface area (Å²) in [7, 11) is 1.29. The maximum atomic E-state index is 13.7. The van der Waals surface area contributed by atoms with Crippen molar-refractivity contribution < 1.29 is 71.7 Å². The number of hydrogen-bond acceptors (Lipinski definition) is 15. The Balaban J connectivity index is 1.49. The van der Waals surface area contributed by atoms with Crippen LogP contribution >= 0.6 is 0 Å². The summed E-state index contributed by atoms with van der Waals surface area (Å²) in [5.74, 6) is -2.97. The largest absolute Gasteiger partial charge is 0.456 e. The van der Waals surface area contributed by atoms with Gasteiger partial charge in [-0.3, -0.25) is 14.4 Å². The smallest absolute Gasteiger partial charge is 0.338 e. The monoisotopic (exact) mass is 766 g/mol. The molecule has 5 rings (SSSR count). The third-order valence-electron chi connectivity index (χ3n) is 8.75. The lowest BCUT2D eigenvalue weighted by Crippen LogP contribution is -2.64. The molecule has 15 nitrogen and oxygen atoms in total. The zero-order valence-electron chi connectivity index (χ0n) is 30.9. The highest BCUT2D eigenvalue weighted by Gasteiger charge is 2.54. The Morgan fingerprint density at radius 2 is 1.02 bits per heavy atom. The molecule has 2 aliphatic rings. The number of rotatable bonds is 16. The molecule has 3 aromatic rings. The fourth-order valence-electron chi connectivity index (χ4n) is 6.34. The van der Waals surface area contributed by atoms with Crippen molar-refractivity contribution in [3.05, 3.63) is 108 Å². The van der Waals surface area contributed by atoms with E-state index in [0.717, 1.165) is 31.9 Å². The zero-order valence-corrected chi connectivity index (χ0v) is 30.9. The van der Waals surface area contributed by atoms with Crippen LogP contribution in [0.1, 0.15) is 42.3 Å². The van der Waals surface area contributed by atoms with Gasteiger partial charge in [-0.15, -0.1) is 0 Å². The molecule has 2 aliphatic heterocycles. The summed E-state index contributed by atoms with van der Waals surface area (Å²) in [5, 5.41) is 10.7. The highest BCUT2D eigenvalue weighted by Crippen LogP contribution is 2.34. The molecule has 0 amide bonds. The van der Waals surface area contributed by atoms with Crippen LogP contribution in [0.3, 0.4) is 0 Å².